The van der Waals surface area contributed by atoms with Gasteiger partial charge in [-0.2, -0.15) is 0 Å². The van der Waals surface area contributed by atoms with Gasteiger partial charge in [-0.15, -0.1) is 0 Å². The Kier molecular flexibility index (Phi) is 34.7. The first kappa shape index (κ1) is 48.5. The molecule has 0 aliphatic rings. The van der Waals surface area contributed by atoms with Gasteiger partial charge in [0.25, 0.3) is 0 Å². The van der Waals surface area contributed by atoms with Crippen LogP contribution in [-0.2, 0) is 28.2 Å². The Balaban J connectivity index is 4.21. The first-order valence-corrected chi connectivity index (χ1v) is 20.4. The van der Waals surface area contributed by atoms with E-state index in [-0.39, 0.29) is 19.4 Å². The normalized spacial score (nSPS) is 13.8. The van der Waals surface area contributed by atoms with Crippen LogP contribution in [0.25, 0.3) is 0 Å². The first-order valence-electron chi connectivity index (χ1n) is 18.8. The second-order valence-electron chi connectivity index (χ2n) is 11.8. The zero-order chi connectivity index (χ0) is 38.2. The van der Waals surface area contributed by atoms with Gasteiger partial charge in [-0.05, 0) is 89.9 Å². The van der Waals surface area contributed by atoms with Gasteiger partial charge in [-0.25, -0.2) is 4.57 Å². The van der Waals surface area contributed by atoms with Crippen molar-refractivity contribution >= 4 is 19.8 Å². The fraction of sp³-hybridized carbons (Fsp3) is 0.488. The highest BCUT2D eigenvalue weighted by atomic mass is 31.2. The molecule has 0 aromatic rings. The molecule has 0 fully saturated rings. The number of carbonyl (C=O) groups excluding carboxylic acids is 2. The summed E-state index contributed by atoms with van der Waals surface area (Å²) in [5.41, 5.74) is 0. The molecule has 0 bridgehead atoms. The summed E-state index contributed by atoms with van der Waals surface area (Å²) in [4.78, 5) is 42.7. The smallest absolute Gasteiger partial charge is 0.462 e. The maximum absolute atomic E-state index is 12.3. The van der Waals surface area contributed by atoms with Crippen molar-refractivity contribution in [2.45, 2.75) is 123 Å². The van der Waals surface area contributed by atoms with Crippen LogP contribution >= 0.6 is 7.82 Å². The number of unbranched alkanes of at least 4 members (excludes halogenated alkanes) is 2. The molecule has 9 heteroatoms. The van der Waals surface area contributed by atoms with Gasteiger partial charge in [0.1, 0.15) is 6.61 Å². The van der Waals surface area contributed by atoms with Crippen LogP contribution in [0.2, 0.25) is 0 Å². The van der Waals surface area contributed by atoms with E-state index in [4.69, 9.17) is 19.3 Å². The summed E-state index contributed by atoms with van der Waals surface area (Å²) in [7, 11) is -4.79. The number of hydrogen-bond donors (Lipinski definition) is 2. The van der Waals surface area contributed by atoms with Gasteiger partial charge in [-0.3, -0.25) is 14.1 Å². The molecule has 0 aliphatic carbocycles. The molecule has 0 unspecified atom stereocenters. The number of ether oxygens (including phenoxy) is 2. The summed E-state index contributed by atoms with van der Waals surface area (Å²) in [6.45, 7) is 3.32. The highest BCUT2D eigenvalue weighted by molar-refractivity contribution is 7.46. The van der Waals surface area contributed by atoms with Crippen molar-refractivity contribution in [1.82, 2.24) is 0 Å². The largest absolute Gasteiger partial charge is 0.469 e. The van der Waals surface area contributed by atoms with E-state index in [0.29, 0.717) is 12.8 Å². The number of allylic oxidation sites excluding steroid dienone is 20. The summed E-state index contributed by atoms with van der Waals surface area (Å²) >= 11 is 0. The standard InChI is InChI=1S/C43H65O8P/c1-3-5-7-9-11-13-15-17-19-20-21-22-24-26-28-30-32-34-36-38-43(45)51-41(40-50-52(46,47)48)39-49-42(44)37-35-33-31-29-27-25-23-18-16-14-12-10-8-6-4-2/h5-8,11-14,17-19,21-23,26-29,32,34,41H,3-4,9-10,15-16,20,24-25,30-31,33,35-40H2,1-2H3,(H2,46,47,48)/b7-5+,8-6+,13-11+,14-12+,19-17+,22-21+,23-18+,28-26+,29-27+,34-32+/t41-/m1/s1. The van der Waals surface area contributed by atoms with Gasteiger partial charge >= 0.3 is 19.8 Å². The van der Waals surface area contributed by atoms with Crippen molar-refractivity contribution in [3.63, 3.8) is 0 Å². The molecule has 0 aromatic carbocycles. The van der Waals surface area contributed by atoms with E-state index in [0.717, 1.165) is 77.0 Å². The van der Waals surface area contributed by atoms with Crippen molar-refractivity contribution < 1.29 is 37.9 Å². The molecule has 0 heterocycles. The SMILES string of the molecule is CC/C=C/C/C=C/C/C=C/C/C=C/C/C=C/C/C=C/CCC(=O)O[C@H](COC(=O)CCCC/C=C/C/C=C/C/C=C/C/C=C/CC)COP(=O)(O)O. The molecule has 0 amide bonds. The van der Waals surface area contributed by atoms with Crippen LogP contribution in [0.15, 0.2) is 122 Å². The van der Waals surface area contributed by atoms with E-state index in [1.54, 1.807) is 0 Å². The van der Waals surface area contributed by atoms with Crippen LogP contribution < -0.4 is 0 Å². The molecule has 290 valence electrons. The fourth-order valence-corrected chi connectivity index (χ4v) is 4.63. The minimum atomic E-state index is -4.79. The Hall–Kier alpha value is -3.55. The van der Waals surface area contributed by atoms with E-state index in [2.05, 4.69) is 128 Å². The van der Waals surface area contributed by atoms with Gasteiger partial charge < -0.3 is 19.3 Å². The lowest BCUT2D eigenvalue weighted by Gasteiger charge is -2.18. The lowest BCUT2D eigenvalue weighted by Crippen LogP contribution is -2.29. The summed E-state index contributed by atoms with van der Waals surface area (Å²) < 4.78 is 26.2. The van der Waals surface area contributed by atoms with Crippen LogP contribution in [0.4, 0.5) is 0 Å². The molecule has 2 N–H and O–H groups in total. The number of esters is 2. The average molecular weight is 741 g/mol. The molecular formula is C43H65O8P. The third-order valence-electron chi connectivity index (χ3n) is 6.99. The Morgan fingerprint density at radius 1 is 0.500 bits per heavy atom. The van der Waals surface area contributed by atoms with E-state index >= 15 is 0 Å². The zero-order valence-corrected chi connectivity index (χ0v) is 32.5. The first-order chi connectivity index (χ1) is 25.3. The Morgan fingerprint density at radius 2 is 0.885 bits per heavy atom. The molecular weight excluding hydrogens is 675 g/mol. The molecule has 0 spiro atoms. The monoisotopic (exact) mass is 740 g/mol. The molecule has 0 radical (unpaired) electrons. The molecule has 0 saturated carbocycles. The fourth-order valence-electron chi connectivity index (χ4n) is 4.27. The number of hydrogen-bond acceptors (Lipinski definition) is 6. The molecule has 0 aliphatic heterocycles. The van der Waals surface area contributed by atoms with Crippen LogP contribution in [0.1, 0.15) is 117 Å². The van der Waals surface area contributed by atoms with Crippen molar-refractivity contribution in [2.75, 3.05) is 13.2 Å². The quantitative estimate of drug-likeness (QED) is 0.0303. The zero-order valence-electron chi connectivity index (χ0n) is 31.6. The summed E-state index contributed by atoms with van der Waals surface area (Å²) in [5.74, 6) is -1.05. The predicted molar refractivity (Wildman–Crippen MR) is 215 cm³/mol. The average Bonchev–Trinajstić information content (AvgIpc) is 3.11. The number of phosphoric ester groups is 1. The second-order valence-corrected chi connectivity index (χ2v) is 13.0. The third-order valence-corrected chi connectivity index (χ3v) is 7.47. The molecule has 0 aromatic heterocycles. The lowest BCUT2D eigenvalue weighted by atomic mass is 10.2. The van der Waals surface area contributed by atoms with Crippen molar-refractivity contribution in [2.24, 2.45) is 0 Å². The van der Waals surface area contributed by atoms with Gasteiger partial charge in [0.05, 0.1) is 6.61 Å². The van der Waals surface area contributed by atoms with E-state index < -0.39 is 32.5 Å². The topological polar surface area (TPSA) is 119 Å². The number of carbonyl (C=O) groups is 2. The Morgan fingerprint density at radius 3 is 1.29 bits per heavy atom. The van der Waals surface area contributed by atoms with Crippen LogP contribution in [0, 0.1) is 0 Å². The van der Waals surface area contributed by atoms with Gasteiger partial charge in [0.15, 0.2) is 6.10 Å². The van der Waals surface area contributed by atoms with E-state index in [9.17, 15) is 14.2 Å². The minimum absolute atomic E-state index is 0.0693. The summed E-state index contributed by atoms with van der Waals surface area (Å²) in [6.07, 6.45) is 53.6. The maximum Gasteiger partial charge on any atom is 0.469 e. The van der Waals surface area contributed by atoms with E-state index in [1.165, 1.54) is 0 Å². The van der Waals surface area contributed by atoms with Crippen LogP contribution in [-0.4, -0.2) is 41.0 Å². The maximum atomic E-state index is 12.3. The van der Waals surface area contributed by atoms with E-state index in [1.807, 2.05) is 12.2 Å². The van der Waals surface area contributed by atoms with Crippen LogP contribution in [0.5, 0.6) is 0 Å². The van der Waals surface area contributed by atoms with Gasteiger partial charge in [-0.1, -0.05) is 135 Å². The molecule has 0 saturated heterocycles. The summed E-state index contributed by atoms with van der Waals surface area (Å²) in [6, 6.07) is 0. The molecule has 8 nitrogen and oxygen atoms in total. The minimum Gasteiger partial charge on any atom is -0.462 e. The van der Waals surface area contributed by atoms with Crippen molar-refractivity contribution in [3.05, 3.63) is 122 Å². The van der Waals surface area contributed by atoms with Crippen LogP contribution in [0.3, 0.4) is 0 Å². The highest BCUT2D eigenvalue weighted by Crippen LogP contribution is 2.35. The Bertz CT molecular complexity index is 1240. The number of phosphoric acid groups is 1. The van der Waals surface area contributed by atoms with Crippen molar-refractivity contribution in [3.8, 4) is 0 Å². The summed E-state index contributed by atoms with van der Waals surface area (Å²) in [5, 5.41) is 0. The van der Waals surface area contributed by atoms with Gasteiger partial charge in [0, 0.05) is 12.8 Å². The Labute approximate surface area is 314 Å². The lowest BCUT2D eigenvalue weighted by molar-refractivity contribution is -0.161. The predicted octanol–water partition coefficient (Wildman–Crippen LogP) is 11.4. The molecule has 1 atom stereocenters. The van der Waals surface area contributed by atoms with Crippen molar-refractivity contribution in [1.29, 1.82) is 0 Å². The van der Waals surface area contributed by atoms with Gasteiger partial charge in [0.2, 0.25) is 0 Å². The third kappa shape index (κ3) is 39.2. The highest BCUT2D eigenvalue weighted by Gasteiger charge is 2.22. The molecule has 52 heavy (non-hydrogen) atoms. The second kappa shape index (κ2) is 37.2. The molecule has 0 rings (SSSR count). The number of rotatable bonds is 32.